The topological polar surface area (TPSA) is 3.24 Å². The quantitative estimate of drug-likeness (QED) is 0.337. The van der Waals surface area contributed by atoms with Gasteiger partial charge in [-0.3, -0.25) is 0 Å². The lowest BCUT2D eigenvalue weighted by Crippen LogP contribution is -2.10. The van der Waals surface area contributed by atoms with Crippen molar-refractivity contribution in [3.05, 3.63) is 114 Å². The first-order valence-electron chi connectivity index (χ1n) is 10.5. The molecule has 1 nitrogen and oxygen atoms in total. The minimum atomic E-state index is 0.173. The van der Waals surface area contributed by atoms with Gasteiger partial charge in [-0.2, -0.15) is 0 Å². The van der Waals surface area contributed by atoms with Crippen LogP contribution in [0.3, 0.4) is 0 Å². The summed E-state index contributed by atoms with van der Waals surface area (Å²) in [6, 6.07) is 37.0. The summed E-state index contributed by atoms with van der Waals surface area (Å²) in [5, 5.41) is 0. The Morgan fingerprint density at radius 2 is 0.933 bits per heavy atom. The number of aryl methyl sites for hydroxylation is 1. The molecule has 0 aliphatic heterocycles. The summed E-state index contributed by atoms with van der Waals surface area (Å²) in [5.41, 5.74) is 8.75. The molecule has 4 aromatic carbocycles. The van der Waals surface area contributed by atoms with Crippen molar-refractivity contribution in [2.45, 2.75) is 33.1 Å². The molecule has 30 heavy (non-hydrogen) atoms. The molecule has 0 fully saturated rings. The molecule has 0 heterocycles. The van der Waals surface area contributed by atoms with E-state index in [9.17, 15) is 0 Å². The average molecular weight is 392 g/mol. The number of hydrogen-bond donors (Lipinski definition) is 0. The Morgan fingerprint density at radius 1 is 0.500 bits per heavy atom. The molecule has 1 heteroatoms. The van der Waals surface area contributed by atoms with E-state index in [-0.39, 0.29) is 5.41 Å². The van der Waals surface area contributed by atoms with E-state index >= 15 is 0 Å². The van der Waals surface area contributed by atoms with Crippen molar-refractivity contribution in [3.63, 3.8) is 0 Å². The maximum absolute atomic E-state index is 2.30. The highest BCUT2D eigenvalue weighted by Crippen LogP contribution is 2.35. The van der Waals surface area contributed by atoms with Crippen LogP contribution < -0.4 is 4.90 Å². The normalized spacial score (nSPS) is 11.3. The molecule has 0 radical (unpaired) electrons. The summed E-state index contributed by atoms with van der Waals surface area (Å²) < 4.78 is 0. The Kier molecular flexibility index (Phi) is 5.46. The lowest BCUT2D eigenvalue weighted by Gasteiger charge is -2.25. The van der Waals surface area contributed by atoms with E-state index in [1.165, 1.54) is 22.3 Å². The number of anilines is 3. The third-order valence-corrected chi connectivity index (χ3v) is 5.52. The van der Waals surface area contributed by atoms with Crippen molar-refractivity contribution in [2.75, 3.05) is 4.90 Å². The molecule has 4 rings (SSSR count). The zero-order valence-corrected chi connectivity index (χ0v) is 18.3. The van der Waals surface area contributed by atoms with Crippen LogP contribution in [0.2, 0.25) is 0 Å². The van der Waals surface area contributed by atoms with Crippen molar-refractivity contribution < 1.29 is 0 Å². The van der Waals surface area contributed by atoms with Gasteiger partial charge in [0.05, 0.1) is 0 Å². The molecule has 0 aromatic heterocycles. The number of para-hydroxylation sites is 1. The van der Waals surface area contributed by atoms with Crippen LogP contribution in [0.4, 0.5) is 17.1 Å². The lowest BCUT2D eigenvalue weighted by molar-refractivity contribution is 0.590. The van der Waals surface area contributed by atoms with Crippen LogP contribution in [0, 0.1) is 6.92 Å². The van der Waals surface area contributed by atoms with Crippen LogP contribution >= 0.6 is 0 Å². The van der Waals surface area contributed by atoms with Gasteiger partial charge in [0.2, 0.25) is 0 Å². The molecule has 0 unspecified atom stereocenters. The third-order valence-electron chi connectivity index (χ3n) is 5.52. The fraction of sp³-hybridized carbons (Fsp3) is 0.172. The van der Waals surface area contributed by atoms with E-state index in [1.54, 1.807) is 0 Å². The van der Waals surface area contributed by atoms with Crippen LogP contribution in [0.1, 0.15) is 31.9 Å². The standard InChI is InChI=1S/C29H29N/c1-22-10-18-27(19-11-22)30(26-8-6-5-7-9-26)28-20-14-24(15-21-28)23-12-16-25(17-13-23)29(2,3)4/h5-21H,1-4H3. The molecule has 0 N–H and O–H groups in total. The number of nitrogens with zero attached hydrogens (tertiary/aromatic N) is 1. The highest BCUT2D eigenvalue weighted by Gasteiger charge is 2.14. The van der Waals surface area contributed by atoms with E-state index in [0.717, 1.165) is 17.1 Å². The minimum absolute atomic E-state index is 0.173. The highest BCUT2D eigenvalue weighted by atomic mass is 15.1. The van der Waals surface area contributed by atoms with Crippen molar-refractivity contribution in [1.82, 2.24) is 0 Å². The summed E-state index contributed by atoms with van der Waals surface area (Å²) in [6.45, 7) is 8.87. The zero-order valence-electron chi connectivity index (χ0n) is 18.3. The molecule has 0 saturated carbocycles. The van der Waals surface area contributed by atoms with Gasteiger partial charge in [0.1, 0.15) is 0 Å². The van der Waals surface area contributed by atoms with E-state index in [4.69, 9.17) is 0 Å². The fourth-order valence-corrected chi connectivity index (χ4v) is 3.68. The second kappa shape index (κ2) is 8.20. The van der Waals surface area contributed by atoms with Crippen molar-refractivity contribution >= 4 is 17.1 Å². The highest BCUT2D eigenvalue weighted by molar-refractivity contribution is 5.78. The van der Waals surface area contributed by atoms with Crippen molar-refractivity contribution in [2.24, 2.45) is 0 Å². The first kappa shape index (κ1) is 20.0. The summed E-state index contributed by atoms with van der Waals surface area (Å²) in [7, 11) is 0. The second-order valence-corrected chi connectivity index (χ2v) is 8.88. The van der Waals surface area contributed by atoms with Gasteiger partial charge in [0.15, 0.2) is 0 Å². The smallest absolute Gasteiger partial charge is 0.0462 e. The molecular weight excluding hydrogens is 362 g/mol. The molecule has 0 amide bonds. The van der Waals surface area contributed by atoms with E-state index in [2.05, 4.69) is 136 Å². The molecule has 0 aliphatic rings. The maximum Gasteiger partial charge on any atom is 0.0462 e. The van der Waals surface area contributed by atoms with E-state index in [1.807, 2.05) is 0 Å². The Balaban J connectivity index is 1.68. The van der Waals surface area contributed by atoms with Gasteiger partial charge in [-0.05, 0) is 65.4 Å². The van der Waals surface area contributed by atoms with Crippen LogP contribution in [-0.2, 0) is 5.41 Å². The first-order chi connectivity index (χ1) is 14.4. The molecule has 0 saturated heterocycles. The molecule has 0 bridgehead atoms. The third kappa shape index (κ3) is 4.31. The SMILES string of the molecule is Cc1ccc(N(c2ccccc2)c2ccc(-c3ccc(C(C)(C)C)cc3)cc2)cc1. The van der Waals surface area contributed by atoms with Crippen molar-refractivity contribution in [3.8, 4) is 11.1 Å². The van der Waals surface area contributed by atoms with Crippen molar-refractivity contribution in [1.29, 1.82) is 0 Å². The molecule has 0 atom stereocenters. The zero-order chi connectivity index (χ0) is 21.1. The predicted octanol–water partition coefficient (Wildman–Crippen LogP) is 8.43. The van der Waals surface area contributed by atoms with Gasteiger partial charge in [0.25, 0.3) is 0 Å². The van der Waals surface area contributed by atoms with Gasteiger partial charge >= 0.3 is 0 Å². The number of benzene rings is 4. The fourth-order valence-electron chi connectivity index (χ4n) is 3.68. The minimum Gasteiger partial charge on any atom is -0.311 e. The van der Waals surface area contributed by atoms with E-state index in [0.29, 0.717) is 0 Å². The average Bonchev–Trinajstić information content (AvgIpc) is 2.76. The lowest BCUT2D eigenvalue weighted by atomic mass is 9.86. The van der Waals surface area contributed by atoms with Crippen LogP contribution in [0.25, 0.3) is 11.1 Å². The Labute approximate surface area is 180 Å². The van der Waals surface area contributed by atoms with Gasteiger partial charge in [-0.15, -0.1) is 0 Å². The monoisotopic (exact) mass is 391 g/mol. The van der Waals surface area contributed by atoms with E-state index < -0.39 is 0 Å². The van der Waals surface area contributed by atoms with Gasteiger partial charge < -0.3 is 4.90 Å². The summed E-state index contributed by atoms with van der Waals surface area (Å²) in [6.07, 6.45) is 0. The summed E-state index contributed by atoms with van der Waals surface area (Å²) >= 11 is 0. The molecule has 0 aliphatic carbocycles. The molecule has 150 valence electrons. The predicted molar refractivity (Wildman–Crippen MR) is 130 cm³/mol. The summed E-state index contributed by atoms with van der Waals surface area (Å²) in [5.74, 6) is 0. The largest absolute Gasteiger partial charge is 0.311 e. The Bertz CT molecular complexity index is 1080. The first-order valence-corrected chi connectivity index (χ1v) is 10.5. The molecular formula is C29H29N. The van der Waals surface area contributed by atoms with Crippen LogP contribution in [0.15, 0.2) is 103 Å². The maximum atomic E-state index is 2.30. The number of rotatable bonds is 4. The van der Waals surface area contributed by atoms with Crippen LogP contribution in [0.5, 0.6) is 0 Å². The van der Waals surface area contributed by atoms with Gasteiger partial charge in [0, 0.05) is 17.1 Å². The summed E-state index contributed by atoms with van der Waals surface area (Å²) in [4.78, 5) is 2.30. The van der Waals surface area contributed by atoms with Gasteiger partial charge in [-0.25, -0.2) is 0 Å². The number of hydrogen-bond acceptors (Lipinski definition) is 1. The van der Waals surface area contributed by atoms with Gasteiger partial charge in [-0.1, -0.05) is 93.1 Å². The Morgan fingerprint density at radius 3 is 1.43 bits per heavy atom. The second-order valence-electron chi connectivity index (χ2n) is 8.88. The Hall–Kier alpha value is -3.32. The van der Waals surface area contributed by atoms with Crippen LogP contribution in [-0.4, -0.2) is 0 Å². The molecule has 0 spiro atoms. The molecule has 4 aromatic rings.